The van der Waals surface area contributed by atoms with Gasteiger partial charge in [-0.05, 0) is 36.7 Å². The topological polar surface area (TPSA) is 48.7 Å². The molecule has 2 rings (SSSR count). The molecule has 0 fully saturated rings. The Morgan fingerprint density at radius 1 is 1.50 bits per heavy atom. The third-order valence-corrected chi connectivity index (χ3v) is 3.40. The van der Waals surface area contributed by atoms with Crippen LogP contribution >= 0.6 is 27.5 Å². The zero-order valence-electron chi connectivity index (χ0n) is 8.49. The Morgan fingerprint density at radius 3 is 3.00 bits per heavy atom. The Kier molecular flexibility index (Phi) is 3.22. The number of nitrogens with one attached hydrogen (secondary N) is 1. The lowest BCUT2D eigenvalue weighted by atomic mass is 10.2. The number of rotatable bonds is 2. The first-order valence-corrected chi connectivity index (χ1v) is 6.16. The molecule has 0 aliphatic carbocycles. The molecule has 0 bridgehead atoms. The molecule has 0 saturated carbocycles. The van der Waals surface area contributed by atoms with Crippen molar-refractivity contribution in [2.24, 2.45) is 0 Å². The summed E-state index contributed by atoms with van der Waals surface area (Å²) in [7, 11) is 0. The highest BCUT2D eigenvalue weighted by Gasteiger charge is 2.09. The second-order valence-corrected chi connectivity index (χ2v) is 4.91. The van der Waals surface area contributed by atoms with Crippen LogP contribution in [-0.2, 0) is 0 Å². The molecule has 0 amide bonds. The first kappa shape index (κ1) is 11.1. The molecule has 1 aromatic heterocycles. The van der Waals surface area contributed by atoms with E-state index in [1.165, 1.54) is 11.5 Å². The fourth-order valence-electron chi connectivity index (χ4n) is 1.28. The number of nitrogens with zero attached hydrogens (tertiary/aromatic N) is 2. The van der Waals surface area contributed by atoms with Gasteiger partial charge in [-0.3, -0.25) is 0 Å². The Balaban J connectivity index is 2.31. The number of aromatic nitrogens is 1. The van der Waals surface area contributed by atoms with Gasteiger partial charge in [0.05, 0.1) is 5.69 Å². The minimum Gasteiger partial charge on any atom is -0.345 e. The number of nitriles is 1. The lowest BCUT2D eigenvalue weighted by molar-refractivity contribution is 1.31. The van der Waals surface area contributed by atoms with Crippen LogP contribution < -0.4 is 5.32 Å². The van der Waals surface area contributed by atoms with E-state index in [2.05, 4.69) is 31.7 Å². The normalized spacial score (nSPS) is 9.81. The summed E-state index contributed by atoms with van der Waals surface area (Å²) in [6.07, 6.45) is 0. The predicted molar refractivity (Wildman–Crippen MR) is 69.0 cm³/mol. The van der Waals surface area contributed by atoms with E-state index >= 15 is 0 Å². The number of benzene rings is 1. The Morgan fingerprint density at radius 2 is 2.31 bits per heavy atom. The first-order chi connectivity index (χ1) is 7.70. The Labute approximate surface area is 106 Å². The van der Waals surface area contributed by atoms with Crippen molar-refractivity contribution >= 4 is 38.2 Å². The quantitative estimate of drug-likeness (QED) is 0.915. The molecule has 80 valence electrons. The Bertz CT molecular complexity index is 557. The van der Waals surface area contributed by atoms with Crippen LogP contribution in [0.25, 0.3) is 0 Å². The van der Waals surface area contributed by atoms with Gasteiger partial charge in [0.15, 0.2) is 0 Å². The molecule has 0 aliphatic heterocycles. The van der Waals surface area contributed by atoms with Crippen LogP contribution in [0.5, 0.6) is 0 Å². The van der Waals surface area contributed by atoms with Crippen LogP contribution in [0.3, 0.4) is 0 Å². The smallest absolute Gasteiger partial charge is 0.132 e. The van der Waals surface area contributed by atoms with E-state index in [0.29, 0.717) is 5.56 Å². The van der Waals surface area contributed by atoms with E-state index in [-0.39, 0.29) is 0 Å². The highest BCUT2D eigenvalue weighted by Crippen LogP contribution is 2.28. The van der Waals surface area contributed by atoms with Crippen LogP contribution in [-0.4, -0.2) is 4.37 Å². The minimum absolute atomic E-state index is 0.616. The van der Waals surface area contributed by atoms with Gasteiger partial charge in [0.25, 0.3) is 0 Å². The van der Waals surface area contributed by atoms with E-state index in [9.17, 15) is 0 Å². The fourth-order valence-corrected chi connectivity index (χ4v) is 2.45. The van der Waals surface area contributed by atoms with Gasteiger partial charge in [-0.25, -0.2) is 0 Å². The van der Waals surface area contributed by atoms with Gasteiger partial charge >= 0.3 is 0 Å². The van der Waals surface area contributed by atoms with Gasteiger partial charge in [0.1, 0.15) is 16.6 Å². The summed E-state index contributed by atoms with van der Waals surface area (Å²) in [6.45, 7) is 1.83. The van der Waals surface area contributed by atoms with Crippen LogP contribution in [0.2, 0.25) is 0 Å². The molecule has 1 aromatic carbocycles. The third kappa shape index (κ3) is 2.23. The Hall–Kier alpha value is -1.38. The monoisotopic (exact) mass is 293 g/mol. The van der Waals surface area contributed by atoms with Crippen molar-refractivity contribution in [1.29, 1.82) is 5.26 Å². The molecule has 16 heavy (non-hydrogen) atoms. The van der Waals surface area contributed by atoms with Crippen molar-refractivity contribution in [1.82, 2.24) is 4.37 Å². The van der Waals surface area contributed by atoms with Crippen molar-refractivity contribution in [2.75, 3.05) is 5.32 Å². The molecule has 0 unspecified atom stereocenters. The number of aryl methyl sites for hydroxylation is 1. The van der Waals surface area contributed by atoms with E-state index in [0.717, 1.165) is 20.9 Å². The SMILES string of the molecule is Cc1nsc(Nc2cccc(Br)c2)c1C#N. The number of anilines is 2. The maximum Gasteiger partial charge on any atom is 0.132 e. The van der Waals surface area contributed by atoms with Crippen LogP contribution in [0.15, 0.2) is 28.7 Å². The van der Waals surface area contributed by atoms with Crippen molar-refractivity contribution in [3.8, 4) is 6.07 Å². The highest BCUT2D eigenvalue weighted by molar-refractivity contribution is 9.10. The maximum absolute atomic E-state index is 8.99. The number of hydrogen-bond donors (Lipinski definition) is 1. The summed E-state index contributed by atoms with van der Waals surface area (Å²) in [5.74, 6) is 0. The molecule has 0 atom stereocenters. The molecular formula is C11H8BrN3S. The number of halogens is 1. The molecule has 0 aliphatic rings. The predicted octanol–water partition coefficient (Wildman–Crippen LogP) is 3.83. The molecule has 1 N–H and O–H groups in total. The average molecular weight is 294 g/mol. The van der Waals surface area contributed by atoms with Gasteiger partial charge in [-0.1, -0.05) is 22.0 Å². The highest BCUT2D eigenvalue weighted by atomic mass is 79.9. The van der Waals surface area contributed by atoms with Crippen molar-refractivity contribution in [3.05, 3.63) is 40.0 Å². The van der Waals surface area contributed by atoms with Crippen molar-refractivity contribution in [3.63, 3.8) is 0 Å². The second-order valence-electron chi connectivity index (χ2n) is 3.22. The van der Waals surface area contributed by atoms with E-state index < -0.39 is 0 Å². The lowest BCUT2D eigenvalue weighted by Crippen LogP contribution is -1.90. The molecule has 0 saturated heterocycles. The maximum atomic E-state index is 8.99. The average Bonchev–Trinajstić information content (AvgIpc) is 2.59. The zero-order valence-corrected chi connectivity index (χ0v) is 10.9. The fraction of sp³-hybridized carbons (Fsp3) is 0.0909. The van der Waals surface area contributed by atoms with Gasteiger partial charge in [0, 0.05) is 10.2 Å². The summed E-state index contributed by atoms with van der Waals surface area (Å²) in [5.41, 5.74) is 2.32. The molecule has 3 nitrogen and oxygen atoms in total. The molecule has 5 heteroatoms. The summed E-state index contributed by atoms with van der Waals surface area (Å²) in [4.78, 5) is 0. The zero-order chi connectivity index (χ0) is 11.5. The summed E-state index contributed by atoms with van der Waals surface area (Å²) in [6, 6.07) is 9.94. The van der Waals surface area contributed by atoms with Crippen molar-refractivity contribution in [2.45, 2.75) is 6.92 Å². The lowest BCUT2D eigenvalue weighted by Gasteiger charge is -2.03. The van der Waals surface area contributed by atoms with Gasteiger partial charge in [-0.15, -0.1) is 0 Å². The van der Waals surface area contributed by atoms with Crippen molar-refractivity contribution < 1.29 is 0 Å². The molecular weight excluding hydrogens is 286 g/mol. The molecule has 0 radical (unpaired) electrons. The standard InChI is InChI=1S/C11H8BrN3S/c1-7-10(6-13)11(16-15-7)14-9-4-2-3-8(12)5-9/h2-5,14H,1H3. The molecule has 2 aromatic rings. The van der Waals surface area contributed by atoms with Gasteiger partial charge < -0.3 is 5.32 Å². The second kappa shape index (κ2) is 4.64. The summed E-state index contributed by atoms with van der Waals surface area (Å²) >= 11 is 4.70. The van der Waals surface area contributed by atoms with Gasteiger partial charge in [0.2, 0.25) is 0 Å². The third-order valence-electron chi connectivity index (χ3n) is 2.06. The first-order valence-electron chi connectivity index (χ1n) is 4.59. The largest absolute Gasteiger partial charge is 0.345 e. The number of hydrogen-bond acceptors (Lipinski definition) is 4. The summed E-state index contributed by atoms with van der Waals surface area (Å²) in [5, 5.41) is 13.0. The van der Waals surface area contributed by atoms with Crippen LogP contribution in [0.4, 0.5) is 10.7 Å². The summed E-state index contributed by atoms with van der Waals surface area (Å²) < 4.78 is 5.15. The van der Waals surface area contributed by atoms with E-state index in [4.69, 9.17) is 5.26 Å². The van der Waals surface area contributed by atoms with Gasteiger partial charge in [-0.2, -0.15) is 9.64 Å². The molecule has 1 heterocycles. The molecule has 0 spiro atoms. The van der Waals surface area contributed by atoms with Crippen LogP contribution in [0, 0.1) is 18.3 Å². The minimum atomic E-state index is 0.616. The van der Waals surface area contributed by atoms with Crippen LogP contribution in [0.1, 0.15) is 11.3 Å². The van der Waals surface area contributed by atoms with E-state index in [1.807, 2.05) is 31.2 Å². The van der Waals surface area contributed by atoms with E-state index in [1.54, 1.807) is 0 Å².